The zero-order chi connectivity index (χ0) is 21.9. The average Bonchev–Trinajstić information content (AvgIpc) is 3.10. The van der Waals surface area contributed by atoms with Crippen molar-refractivity contribution in [2.24, 2.45) is 0 Å². The topological polar surface area (TPSA) is 63.2 Å². The van der Waals surface area contributed by atoms with Crippen LogP contribution in [0.5, 0.6) is 5.75 Å². The van der Waals surface area contributed by atoms with Crippen molar-refractivity contribution in [1.29, 1.82) is 0 Å². The van der Waals surface area contributed by atoms with Crippen molar-refractivity contribution in [2.45, 2.75) is 12.5 Å². The number of carbonyl (C=O) groups is 1. The van der Waals surface area contributed by atoms with E-state index in [0.717, 1.165) is 35.6 Å². The molecule has 0 aliphatic carbocycles. The highest BCUT2D eigenvalue weighted by atomic mass is 32.1. The zero-order valence-corrected chi connectivity index (χ0v) is 15.5. The van der Waals surface area contributed by atoms with Crippen molar-refractivity contribution in [3.8, 4) is 5.75 Å². The molecule has 1 aromatic heterocycles. The predicted molar refractivity (Wildman–Crippen MR) is 97.9 cm³/mol. The average molecular weight is 447 g/mol. The summed E-state index contributed by atoms with van der Waals surface area (Å²) in [6.45, 7) is 0. The maximum Gasteiger partial charge on any atom is 0.573 e. The largest absolute Gasteiger partial charge is 0.573 e. The van der Waals surface area contributed by atoms with Crippen LogP contribution >= 0.6 is 11.3 Å². The second kappa shape index (κ2) is 8.22. The number of nitrogens with zero attached hydrogens (tertiary/aromatic N) is 1. The van der Waals surface area contributed by atoms with Gasteiger partial charge in [0.05, 0.1) is 5.56 Å². The zero-order valence-electron chi connectivity index (χ0n) is 14.6. The van der Waals surface area contributed by atoms with Crippen LogP contribution in [0.25, 0.3) is 0 Å². The number of thiazole rings is 1. The highest BCUT2D eigenvalue weighted by molar-refractivity contribution is 7.14. The van der Waals surface area contributed by atoms with Crippen molar-refractivity contribution in [2.75, 3.05) is 10.6 Å². The number of nitrogens with one attached hydrogen (secondary N) is 2. The van der Waals surface area contributed by atoms with Crippen LogP contribution in [0.4, 0.5) is 42.8 Å². The van der Waals surface area contributed by atoms with Crippen LogP contribution < -0.4 is 15.4 Å². The fourth-order valence-electron chi connectivity index (χ4n) is 2.27. The van der Waals surface area contributed by atoms with Gasteiger partial charge in [-0.2, -0.15) is 13.2 Å². The number of alkyl halides is 6. The molecule has 0 bridgehead atoms. The number of aromatic nitrogens is 1. The van der Waals surface area contributed by atoms with Gasteiger partial charge in [0.2, 0.25) is 0 Å². The van der Waals surface area contributed by atoms with E-state index < -0.39 is 29.8 Å². The van der Waals surface area contributed by atoms with Gasteiger partial charge >= 0.3 is 12.5 Å². The third-order valence-electron chi connectivity index (χ3n) is 3.52. The number of amides is 1. The summed E-state index contributed by atoms with van der Waals surface area (Å²) >= 11 is 1.03. The van der Waals surface area contributed by atoms with Crippen LogP contribution in [0, 0.1) is 0 Å². The van der Waals surface area contributed by atoms with E-state index in [0.29, 0.717) is 5.69 Å². The number of rotatable bonds is 5. The molecule has 2 aromatic carbocycles. The van der Waals surface area contributed by atoms with E-state index in [1.807, 2.05) is 0 Å². The molecule has 0 saturated carbocycles. The van der Waals surface area contributed by atoms with Crippen molar-refractivity contribution in [1.82, 2.24) is 4.98 Å². The molecule has 0 aliphatic heterocycles. The van der Waals surface area contributed by atoms with Crippen molar-refractivity contribution < 1.29 is 35.9 Å². The van der Waals surface area contributed by atoms with Crippen LogP contribution in [0.3, 0.4) is 0 Å². The first-order chi connectivity index (χ1) is 14.0. The lowest BCUT2D eigenvalue weighted by Crippen LogP contribution is -2.16. The molecule has 0 aliphatic rings. The van der Waals surface area contributed by atoms with Crippen LogP contribution in [0.2, 0.25) is 0 Å². The number of halogens is 6. The maximum absolute atomic E-state index is 12.7. The van der Waals surface area contributed by atoms with Crippen molar-refractivity contribution in [3.63, 3.8) is 0 Å². The molecule has 0 spiro atoms. The summed E-state index contributed by atoms with van der Waals surface area (Å²) in [5.74, 6) is -1.11. The Morgan fingerprint density at radius 3 is 2.30 bits per heavy atom. The Bertz CT molecular complexity index is 1030. The van der Waals surface area contributed by atoms with Gasteiger partial charge in [0.1, 0.15) is 11.4 Å². The molecule has 1 heterocycles. The van der Waals surface area contributed by atoms with Crippen LogP contribution in [-0.4, -0.2) is 17.3 Å². The molecule has 0 unspecified atom stereocenters. The molecule has 0 radical (unpaired) electrons. The fraction of sp³-hybridized carbons (Fsp3) is 0.111. The van der Waals surface area contributed by atoms with Gasteiger partial charge in [0, 0.05) is 16.8 Å². The quantitative estimate of drug-likeness (QED) is 0.467. The summed E-state index contributed by atoms with van der Waals surface area (Å²) in [6, 6.07) is 9.01. The van der Waals surface area contributed by atoms with E-state index in [1.165, 1.54) is 29.6 Å². The Kier molecular flexibility index (Phi) is 5.87. The van der Waals surface area contributed by atoms with Gasteiger partial charge < -0.3 is 15.4 Å². The number of ether oxygens (including phenoxy) is 1. The summed E-state index contributed by atoms with van der Waals surface area (Å²) < 4.78 is 78.5. The second-order valence-corrected chi connectivity index (χ2v) is 6.63. The second-order valence-electron chi connectivity index (χ2n) is 5.77. The SMILES string of the molecule is O=C(Nc1cccc(C(F)(F)F)c1)c1csc(Nc2ccc(OC(F)(F)F)cc2)n1. The molecule has 3 rings (SSSR count). The Morgan fingerprint density at radius 2 is 1.67 bits per heavy atom. The minimum absolute atomic E-state index is 0.0439. The summed E-state index contributed by atoms with van der Waals surface area (Å²) in [7, 11) is 0. The molecule has 1 amide bonds. The van der Waals surface area contributed by atoms with Gasteiger partial charge in [-0.1, -0.05) is 6.07 Å². The molecule has 158 valence electrons. The summed E-state index contributed by atoms with van der Waals surface area (Å²) in [4.78, 5) is 16.2. The first-order valence-electron chi connectivity index (χ1n) is 8.06. The van der Waals surface area contributed by atoms with E-state index in [-0.39, 0.29) is 16.5 Å². The molecule has 12 heteroatoms. The molecule has 2 N–H and O–H groups in total. The monoisotopic (exact) mass is 447 g/mol. The maximum atomic E-state index is 12.7. The lowest BCUT2D eigenvalue weighted by Gasteiger charge is -2.09. The Hall–Kier alpha value is -3.28. The van der Waals surface area contributed by atoms with Gasteiger partial charge in [-0.25, -0.2) is 4.98 Å². The third-order valence-corrected chi connectivity index (χ3v) is 4.28. The van der Waals surface area contributed by atoms with Crippen LogP contribution in [0.15, 0.2) is 53.9 Å². The highest BCUT2D eigenvalue weighted by Gasteiger charge is 2.31. The normalized spacial score (nSPS) is 11.8. The van der Waals surface area contributed by atoms with Gasteiger partial charge in [0.25, 0.3) is 5.91 Å². The number of anilines is 3. The standard InChI is InChI=1S/C18H11F6N3O2S/c19-17(20,21)10-2-1-3-12(8-10)25-15(28)14-9-30-16(27-14)26-11-4-6-13(7-5-11)29-18(22,23)24/h1-9H,(H,25,28)(H,26,27). The Labute approximate surface area is 169 Å². The van der Waals surface area contributed by atoms with E-state index in [9.17, 15) is 31.1 Å². The van der Waals surface area contributed by atoms with E-state index in [2.05, 4.69) is 20.4 Å². The molecule has 0 atom stereocenters. The number of hydrogen-bond acceptors (Lipinski definition) is 5. The number of carbonyl (C=O) groups excluding carboxylic acids is 1. The van der Waals surface area contributed by atoms with Crippen LogP contribution in [-0.2, 0) is 6.18 Å². The first-order valence-corrected chi connectivity index (χ1v) is 8.94. The molecule has 30 heavy (non-hydrogen) atoms. The molecule has 0 fully saturated rings. The van der Waals surface area contributed by atoms with Crippen LogP contribution in [0.1, 0.15) is 16.1 Å². The first kappa shape index (κ1) is 21.4. The van der Waals surface area contributed by atoms with Crippen molar-refractivity contribution >= 4 is 33.8 Å². The minimum atomic E-state index is -4.80. The van der Waals surface area contributed by atoms with Gasteiger partial charge in [-0.15, -0.1) is 24.5 Å². The highest BCUT2D eigenvalue weighted by Crippen LogP contribution is 2.31. The van der Waals surface area contributed by atoms with Gasteiger partial charge in [0.15, 0.2) is 5.13 Å². The molecular weight excluding hydrogens is 436 g/mol. The Balaban J connectivity index is 1.64. The van der Waals surface area contributed by atoms with Crippen molar-refractivity contribution in [3.05, 3.63) is 65.2 Å². The minimum Gasteiger partial charge on any atom is -0.406 e. The van der Waals surface area contributed by atoms with Gasteiger partial charge in [-0.05, 0) is 42.5 Å². The van der Waals surface area contributed by atoms with E-state index in [4.69, 9.17) is 0 Å². The Morgan fingerprint density at radius 1 is 0.967 bits per heavy atom. The third kappa shape index (κ3) is 5.86. The van der Waals surface area contributed by atoms with Gasteiger partial charge in [-0.3, -0.25) is 4.79 Å². The number of benzene rings is 2. The smallest absolute Gasteiger partial charge is 0.406 e. The lowest BCUT2D eigenvalue weighted by molar-refractivity contribution is -0.274. The van der Waals surface area contributed by atoms with E-state index in [1.54, 1.807) is 0 Å². The van der Waals surface area contributed by atoms with E-state index >= 15 is 0 Å². The fourth-order valence-corrected chi connectivity index (χ4v) is 2.98. The lowest BCUT2D eigenvalue weighted by atomic mass is 10.2. The number of hydrogen-bond donors (Lipinski definition) is 2. The summed E-state index contributed by atoms with van der Waals surface area (Å²) in [6.07, 6.45) is -9.34. The summed E-state index contributed by atoms with van der Waals surface area (Å²) in [5, 5.41) is 6.77. The predicted octanol–water partition coefficient (Wildman–Crippen LogP) is 6.06. The summed E-state index contributed by atoms with van der Waals surface area (Å²) in [5.41, 5.74) is -0.600. The molecule has 0 saturated heterocycles. The molecule has 3 aromatic rings. The molecule has 5 nitrogen and oxygen atoms in total. The molecular formula is C18H11F6N3O2S.